The standard InChI is InChI=1S/C20H17NO3/c22-19(16-10-11-24-20(16)23)18-12-15-8-4-5-9-17(15)21(18)13-14-6-2-1-3-7-14/h1-9,12,16H,10-11,13H2/t16-/m1/s1. The maximum atomic E-state index is 12.9. The lowest BCUT2D eigenvalue weighted by Gasteiger charge is -2.12. The molecule has 0 N–H and O–H groups in total. The zero-order valence-electron chi connectivity index (χ0n) is 13.1. The summed E-state index contributed by atoms with van der Waals surface area (Å²) in [7, 11) is 0. The second-order valence-corrected chi connectivity index (χ2v) is 6.03. The molecule has 4 rings (SSSR count). The minimum atomic E-state index is -0.677. The van der Waals surface area contributed by atoms with Gasteiger partial charge in [0.05, 0.1) is 12.3 Å². The topological polar surface area (TPSA) is 48.3 Å². The number of hydrogen-bond acceptors (Lipinski definition) is 3. The molecule has 0 radical (unpaired) electrons. The fraction of sp³-hybridized carbons (Fsp3) is 0.200. The molecule has 3 aromatic rings. The molecule has 4 nitrogen and oxygen atoms in total. The van der Waals surface area contributed by atoms with E-state index >= 15 is 0 Å². The van der Waals surface area contributed by atoms with E-state index < -0.39 is 11.9 Å². The molecule has 0 unspecified atom stereocenters. The highest BCUT2D eigenvalue weighted by atomic mass is 16.5. The molecule has 1 aliphatic rings. The lowest BCUT2D eigenvalue weighted by atomic mass is 10.00. The van der Waals surface area contributed by atoms with Crippen molar-refractivity contribution < 1.29 is 14.3 Å². The van der Waals surface area contributed by atoms with Gasteiger partial charge in [0.25, 0.3) is 0 Å². The number of hydrogen-bond donors (Lipinski definition) is 0. The van der Waals surface area contributed by atoms with E-state index in [2.05, 4.69) is 0 Å². The van der Waals surface area contributed by atoms with Crippen molar-refractivity contribution in [2.45, 2.75) is 13.0 Å². The molecule has 1 aromatic heterocycles. The van der Waals surface area contributed by atoms with Crippen LogP contribution in [0.25, 0.3) is 10.9 Å². The van der Waals surface area contributed by atoms with Crippen LogP contribution in [0.4, 0.5) is 0 Å². The van der Waals surface area contributed by atoms with Crippen LogP contribution in [0, 0.1) is 5.92 Å². The van der Waals surface area contributed by atoms with Gasteiger partial charge in [-0.1, -0.05) is 48.5 Å². The molecule has 1 aliphatic heterocycles. The van der Waals surface area contributed by atoms with E-state index in [1.54, 1.807) is 0 Å². The van der Waals surface area contributed by atoms with Gasteiger partial charge in [-0.05, 0) is 17.7 Å². The van der Waals surface area contributed by atoms with Crippen LogP contribution in [0.5, 0.6) is 0 Å². The van der Waals surface area contributed by atoms with Crippen LogP contribution in [0.2, 0.25) is 0 Å². The number of nitrogens with zero attached hydrogens (tertiary/aromatic N) is 1. The highest BCUT2D eigenvalue weighted by molar-refractivity contribution is 6.10. The van der Waals surface area contributed by atoms with Crippen molar-refractivity contribution in [1.29, 1.82) is 0 Å². The van der Waals surface area contributed by atoms with Crippen LogP contribution in [-0.2, 0) is 16.1 Å². The Morgan fingerprint density at radius 1 is 1.08 bits per heavy atom. The smallest absolute Gasteiger partial charge is 0.317 e. The van der Waals surface area contributed by atoms with Crippen molar-refractivity contribution in [3.63, 3.8) is 0 Å². The van der Waals surface area contributed by atoms with Crippen LogP contribution >= 0.6 is 0 Å². The van der Waals surface area contributed by atoms with Crippen molar-refractivity contribution in [2.24, 2.45) is 5.92 Å². The molecular weight excluding hydrogens is 302 g/mol. The summed E-state index contributed by atoms with van der Waals surface area (Å²) in [4.78, 5) is 24.7. The molecule has 2 aromatic carbocycles. The summed E-state index contributed by atoms with van der Waals surface area (Å²) >= 11 is 0. The van der Waals surface area contributed by atoms with Gasteiger partial charge < -0.3 is 9.30 Å². The largest absolute Gasteiger partial charge is 0.465 e. The van der Waals surface area contributed by atoms with Gasteiger partial charge in [0.1, 0.15) is 5.92 Å². The maximum Gasteiger partial charge on any atom is 0.317 e. The van der Waals surface area contributed by atoms with Crippen molar-refractivity contribution in [3.05, 3.63) is 71.9 Å². The Hall–Kier alpha value is -2.88. The zero-order valence-corrected chi connectivity index (χ0v) is 13.1. The average molecular weight is 319 g/mol. The minimum absolute atomic E-state index is 0.148. The number of cyclic esters (lactones) is 1. The van der Waals surface area contributed by atoms with Gasteiger partial charge >= 0.3 is 5.97 Å². The first kappa shape index (κ1) is 14.7. The SMILES string of the molecule is O=C1OCC[C@@H]1C(=O)c1cc2ccccc2n1Cc1ccccc1. The van der Waals surface area contributed by atoms with Gasteiger partial charge in [0, 0.05) is 23.9 Å². The van der Waals surface area contributed by atoms with Crippen molar-refractivity contribution >= 4 is 22.7 Å². The summed E-state index contributed by atoms with van der Waals surface area (Å²) in [6, 6.07) is 19.8. The first-order chi connectivity index (χ1) is 11.7. The Labute approximate surface area is 139 Å². The van der Waals surface area contributed by atoms with Crippen molar-refractivity contribution in [3.8, 4) is 0 Å². The molecule has 2 heterocycles. The fourth-order valence-corrected chi connectivity index (χ4v) is 3.26. The Morgan fingerprint density at radius 2 is 1.83 bits per heavy atom. The molecule has 0 bridgehead atoms. The average Bonchev–Trinajstić information content (AvgIpc) is 3.20. The Kier molecular flexibility index (Phi) is 3.65. The zero-order chi connectivity index (χ0) is 16.5. The molecule has 0 spiro atoms. The Balaban J connectivity index is 1.81. The molecule has 0 aliphatic carbocycles. The third kappa shape index (κ3) is 2.50. The molecule has 0 amide bonds. The minimum Gasteiger partial charge on any atom is -0.465 e. The Bertz CT molecular complexity index is 911. The maximum absolute atomic E-state index is 12.9. The van der Waals surface area contributed by atoms with Crippen LogP contribution in [-0.4, -0.2) is 22.9 Å². The van der Waals surface area contributed by atoms with Gasteiger partial charge in [0.2, 0.25) is 0 Å². The van der Waals surface area contributed by atoms with Crippen LogP contribution in [0.15, 0.2) is 60.7 Å². The number of carbonyl (C=O) groups is 2. The van der Waals surface area contributed by atoms with Crippen molar-refractivity contribution in [1.82, 2.24) is 4.57 Å². The van der Waals surface area contributed by atoms with Gasteiger partial charge in [-0.2, -0.15) is 0 Å². The number of benzene rings is 2. The summed E-state index contributed by atoms with van der Waals surface area (Å²) in [5.41, 5.74) is 2.68. The summed E-state index contributed by atoms with van der Waals surface area (Å²) in [6.07, 6.45) is 0.463. The quantitative estimate of drug-likeness (QED) is 0.420. The number of ketones is 1. The number of para-hydroxylation sites is 1. The predicted molar refractivity (Wildman–Crippen MR) is 90.9 cm³/mol. The van der Waals surface area contributed by atoms with E-state index in [1.165, 1.54) is 0 Å². The van der Waals surface area contributed by atoms with Crippen LogP contribution < -0.4 is 0 Å². The lowest BCUT2D eigenvalue weighted by Crippen LogP contribution is -2.22. The van der Waals surface area contributed by atoms with Crippen LogP contribution in [0.3, 0.4) is 0 Å². The summed E-state index contributed by atoms with van der Waals surface area (Å²) in [5.74, 6) is -1.23. The van der Waals surface area contributed by atoms with Crippen molar-refractivity contribution in [2.75, 3.05) is 6.61 Å². The highest BCUT2D eigenvalue weighted by Crippen LogP contribution is 2.26. The fourth-order valence-electron chi connectivity index (χ4n) is 3.26. The van der Waals surface area contributed by atoms with Gasteiger partial charge in [0.15, 0.2) is 5.78 Å². The summed E-state index contributed by atoms with van der Waals surface area (Å²) < 4.78 is 6.97. The normalized spacial score (nSPS) is 17.2. The highest BCUT2D eigenvalue weighted by Gasteiger charge is 2.35. The third-order valence-corrected chi connectivity index (χ3v) is 4.50. The molecule has 1 fully saturated rings. The van der Waals surface area contributed by atoms with Gasteiger partial charge in [-0.15, -0.1) is 0 Å². The monoisotopic (exact) mass is 319 g/mol. The lowest BCUT2D eigenvalue weighted by molar-refractivity contribution is -0.140. The molecule has 24 heavy (non-hydrogen) atoms. The second-order valence-electron chi connectivity index (χ2n) is 6.03. The number of fused-ring (bicyclic) bond motifs is 1. The summed E-state index contributed by atoms with van der Waals surface area (Å²) in [6.45, 7) is 0.922. The summed E-state index contributed by atoms with van der Waals surface area (Å²) in [5, 5.41) is 1.00. The number of carbonyl (C=O) groups excluding carboxylic acids is 2. The van der Waals surface area contributed by atoms with E-state index in [9.17, 15) is 9.59 Å². The van der Waals surface area contributed by atoms with E-state index in [1.807, 2.05) is 65.2 Å². The van der Waals surface area contributed by atoms with E-state index in [0.29, 0.717) is 25.3 Å². The van der Waals surface area contributed by atoms with Gasteiger partial charge in [-0.3, -0.25) is 9.59 Å². The molecular formula is C20H17NO3. The predicted octanol–water partition coefficient (Wildman–Crippen LogP) is 3.44. The number of Topliss-reactive ketones (excluding diaryl/α,β-unsaturated/α-hetero) is 1. The molecule has 1 saturated heterocycles. The van der Waals surface area contributed by atoms with Gasteiger partial charge in [-0.25, -0.2) is 0 Å². The van der Waals surface area contributed by atoms with E-state index in [-0.39, 0.29) is 5.78 Å². The molecule has 4 heteroatoms. The third-order valence-electron chi connectivity index (χ3n) is 4.50. The molecule has 1 atom stereocenters. The second kappa shape index (κ2) is 5.96. The number of esters is 1. The number of rotatable bonds is 4. The molecule has 0 saturated carbocycles. The van der Waals surface area contributed by atoms with Crippen LogP contribution in [0.1, 0.15) is 22.5 Å². The first-order valence-electron chi connectivity index (χ1n) is 8.07. The van der Waals surface area contributed by atoms with E-state index in [4.69, 9.17) is 4.74 Å². The Morgan fingerprint density at radius 3 is 2.58 bits per heavy atom. The number of ether oxygens (including phenoxy) is 1. The van der Waals surface area contributed by atoms with E-state index in [0.717, 1.165) is 16.5 Å². The number of aromatic nitrogens is 1. The first-order valence-corrected chi connectivity index (χ1v) is 8.07. The molecule has 120 valence electrons.